The fourth-order valence-corrected chi connectivity index (χ4v) is 3.94. The molecule has 0 aliphatic carbocycles. The molecule has 0 spiro atoms. The van der Waals surface area contributed by atoms with E-state index in [0.717, 1.165) is 5.56 Å². The van der Waals surface area contributed by atoms with E-state index < -0.39 is 21.1 Å². The van der Waals surface area contributed by atoms with Crippen LogP contribution >= 0.6 is 0 Å². The van der Waals surface area contributed by atoms with Crippen LogP contribution in [-0.4, -0.2) is 26.2 Å². The van der Waals surface area contributed by atoms with Gasteiger partial charge in [0.05, 0.1) is 12.9 Å². The monoisotopic (exact) mass is 322 g/mol. The first kappa shape index (κ1) is 16.3. The second kappa shape index (κ2) is 6.79. The zero-order valence-corrected chi connectivity index (χ0v) is 13.3. The Bertz CT molecular complexity index is 731. The lowest BCUT2D eigenvalue weighted by Gasteiger charge is -2.16. The molecule has 1 heterocycles. The third kappa shape index (κ3) is 3.39. The Morgan fingerprint density at radius 3 is 2.45 bits per heavy atom. The van der Waals surface area contributed by atoms with E-state index in [4.69, 9.17) is 9.15 Å². The molecule has 0 fully saturated rings. The number of furan rings is 1. The first-order valence-electron chi connectivity index (χ1n) is 6.95. The van der Waals surface area contributed by atoms with Crippen LogP contribution in [0.25, 0.3) is 0 Å². The minimum atomic E-state index is -3.88. The number of carbonyl (C=O) groups excluding carboxylic acids is 1. The molecule has 2 rings (SSSR count). The topological polar surface area (TPSA) is 73.6 Å². The van der Waals surface area contributed by atoms with Crippen LogP contribution in [0, 0.1) is 6.92 Å². The van der Waals surface area contributed by atoms with Gasteiger partial charge in [0.1, 0.15) is 10.7 Å². The summed E-state index contributed by atoms with van der Waals surface area (Å²) in [4.78, 5) is 12.2. The number of sulfone groups is 1. The van der Waals surface area contributed by atoms with Crippen molar-refractivity contribution in [1.29, 1.82) is 0 Å². The van der Waals surface area contributed by atoms with Crippen LogP contribution in [0.15, 0.2) is 52.0 Å². The number of benzene rings is 1. The molecule has 118 valence electrons. The fourth-order valence-electron chi connectivity index (χ4n) is 2.20. The first-order chi connectivity index (χ1) is 10.5. The highest BCUT2D eigenvalue weighted by Crippen LogP contribution is 2.24. The van der Waals surface area contributed by atoms with E-state index in [1.54, 1.807) is 38.1 Å². The zero-order chi connectivity index (χ0) is 16.2. The number of esters is 1. The normalized spacial score (nSPS) is 12.8. The van der Waals surface area contributed by atoms with E-state index in [1.807, 2.05) is 6.07 Å². The number of aryl methyl sites for hydroxylation is 1. The Kier molecular flexibility index (Phi) is 5.03. The first-order valence-corrected chi connectivity index (χ1v) is 8.50. The van der Waals surface area contributed by atoms with Gasteiger partial charge in [-0.2, -0.15) is 0 Å². The Balaban J connectivity index is 2.40. The van der Waals surface area contributed by atoms with E-state index in [0.29, 0.717) is 0 Å². The third-order valence-corrected chi connectivity index (χ3v) is 5.45. The van der Waals surface area contributed by atoms with E-state index in [2.05, 4.69) is 0 Å². The van der Waals surface area contributed by atoms with Gasteiger partial charge in [0.2, 0.25) is 0 Å². The van der Waals surface area contributed by atoms with Gasteiger partial charge in [-0.15, -0.1) is 0 Å². The van der Waals surface area contributed by atoms with Crippen molar-refractivity contribution in [2.45, 2.75) is 30.4 Å². The maximum absolute atomic E-state index is 12.8. The van der Waals surface area contributed by atoms with Gasteiger partial charge < -0.3 is 9.15 Å². The quantitative estimate of drug-likeness (QED) is 0.764. The van der Waals surface area contributed by atoms with Gasteiger partial charge >= 0.3 is 5.97 Å². The van der Waals surface area contributed by atoms with Gasteiger partial charge in [-0.3, -0.25) is 4.79 Å². The lowest BCUT2D eigenvalue weighted by Crippen LogP contribution is -2.34. The summed E-state index contributed by atoms with van der Waals surface area (Å²) < 4.78 is 35.6. The summed E-state index contributed by atoms with van der Waals surface area (Å²) in [7, 11) is -3.88. The van der Waals surface area contributed by atoms with Gasteiger partial charge in [0.25, 0.3) is 0 Å². The number of hydrogen-bond donors (Lipinski definition) is 0. The Hall–Kier alpha value is -2.08. The molecule has 1 aromatic carbocycles. The molecule has 2 aromatic rings. The molecule has 0 N–H and O–H groups in total. The summed E-state index contributed by atoms with van der Waals surface area (Å²) in [5.74, 6) is -0.477. The van der Waals surface area contributed by atoms with Crippen LogP contribution in [0.2, 0.25) is 0 Å². The van der Waals surface area contributed by atoms with Crippen molar-refractivity contribution in [2.24, 2.45) is 0 Å². The van der Waals surface area contributed by atoms with Crippen molar-refractivity contribution in [3.8, 4) is 0 Å². The van der Waals surface area contributed by atoms with Crippen molar-refractivity contribution in [3.63, 3.8) is 0 Å². The molecule has 0 aliphatic rings. The number of ether oxygens (including phenoxy) is 1. The van der Waals surface area contributed by atoms with Crippen molar-refractivity contribution >= 4 is 15.8 Å². The van der Waals surface area contributed by atoms with Crippen molar-refractivity contribution in [1.82, 2.24) is 0 Å². The average molecular weight is 322 g/mol. The van der Waals surface area contributed by atoms with Crippen molar-refractivity contribution < 1.29 is 22.4 Å². The SMILES string of the molecule is CCOC(=O)C(Cc1ccccc1)S(=O)(=O)c1ccoc1C. The Labute approximate surface area is 129 Å². The number of hydrogen-bond acceptors (Lipinski definition) is 5. The Morgan fingerprint density at radius 1 is 1.23 bits per heavy atom. The highest BCUT2D eigenvalue weighted by atomic mass is 32.2. The fraction of sp³-hybridized carbons (Fsp3) is 0.312. The lowest BCUT2D eigenvalue weighted by molar-refractivity contribution is -0.142. The van der Waals surface area contributed by atoms with Crippen LogP contribution in [0.5, 0.6) is 0 Å². The second-order valence-electron chi connectivity index (χ2n) is 4.82. The van der Waals surface area contributed by atoms with Gasteiger partial charge in [0, 0.05) is 6.42 Å². The molecular formula is C16H18O5S. The minimum Gasteiger partial charge on any atom is -0.468 e. The lowest BCUT2D eigenvalue weighted by atomic mass is 10.1. The molecule has 1 atom stereocenters. The van der Waals surface area contributed by atoms with Crippen LogP contribution in [-0.2, 0) is 25.8 Å². The number of carbonyl (C=O) groups is 1. The molecule has 0 bridgehead atoms. The Morgan fingerprint density at radius 2 is 1.91 bits per heavy atom. The number of rotatable bonds is 6. The smallest absolute Gasteiger partial charge is 0.325 e. The maximum atomic E-state index is 12.8. The van der Waals surface area contributed by atoms with E-state index >= 15 is 0 Å². The second-order valence-corrected chi connectivity index (χ2v) is 6.92. The molecule has 0 saturated carbocycles. The molecule has 1 unspecified atom stereocenters. The molecule has 0 amide bonds. The van der Waals surface area contributed by atoms with E-state index in [1.165, 1.54) is 12.3 Å². The van der Waals surface area contributed by atoms with Crippen LogP contribution in [0.4, 0.5) is 0 Å². The van der Waals surface area contributed by atoms with E-state index in [-0.39, 0.29) is 23.7 Å². The molecule has 5 nitrogen and oxygen atoms in total. The van der Waals surface area contributed by atoms with Crippen LogP contribution in [0.3, 0.4) is 0 Å². The maximum Gasteiger partial charge on any atom is 0.325 e. The molecule has 0 radical (unpaired) electrons. The molecule has 1 aromatic heterocycles. The summed E-state index contributed by atoms with van der Waals surface area (Å²) in [6.07, 6.45) is 1.36. The van der Waals surface area contributed by atoms with E-state index in [9.17, 15) is 13.2 Å². The predicted octanol–water partition coefficient (Wildman–Crippen LogP) is 2.54. The van der Waals surface area contributed by atoms with Gasteiger partial charge in [-0.25, -0.2) is 8.42 Å². The van der Waals surface area contributed by atoms with Gasteiger partial charge in [-0.1, -0.05) is 30.3 Å². The summed E-state index contributed by atoms with van der Waals surface area (Å²) in [5.41, 5.74) is 0.755. The predicted molar refractivity (Wildman–Crippen MR) is 81.2 cm³/mol. The molecule has 0 aliphatic heterocycles. The molecule has 22 heavy (non-hydrogen) atoms. The highest BCUT2D eigenvalue weighted by Gasteiger charge is 2.37. The average Bonchev–Trinajstić information content (AvgIpc) is 2.93. The van der Waals surface area contributed by atoms with Crippen LogP contribution in [0.1, 0.15) is 18.2 Å². The zero-order valence-electron chi connectivity index (χ0n) is 12.5. The third-order valence-electron chi connectivity index (χ3n) is 3.31. The van der Waals surface area contributed by atoms with Gasteiger partial charge in [0.15, 0.2) is 15.1 Å². The van der Waals surface area contributed by atoms with Crippen molar-refractivity contribution in [2.75, 3.05) is 6.61 Å². The highest BCUT2D eigenvalue weighted by molar-refractivity contribution is 7.92. The minimum absolute atomic E-state index is 0.0292. The largest absolute Gasteiger partial charge is 0.468 e. The molecular weight excluding hydrogens is 304 g/mol. The standard InChI is InChI=1S/C16H18O5S/c1-3-20-16(17)15(11-13-7-5-4-6-8-13)22(18,19)14-9-10-21-12(14)2/h4-10,15H,3,11H2,1-2H3. The molecule has 6 heteroatoms. The van der Waals surface area contributed by atoms with Crippen LogP contribution < -0.4 is 0 Å². The van der Waals surface area contributed by atoms with Crippen molar-refractivity contribution in [3.05, 3.63) is 54.0 Å². The van der Waals surface area contributed by atoms with Gasteiger partial charge in [-0.05, 0) is 25.5 Å². The molecule has 0 saturated heterocycles. The summed E-state index contributed by atoms with van der Waals surface area (Å²) in [6.45, 7) is 3.33. The summed E-state index contributed by atoms with van der Waals surface area (Å²) in [6, 6.07) is 10.4. The summed E-state index contributed by atoms with van der Waals surface area (Å²) >= 11 is 0. The summed E-state index contributed by atoms with van der Waals surface area (Å²) in [5, 5.41) is -1.29.